The van der Waals surface area contributed by atoms with Crippen molar-refractivity contribution in [2.24, 2.45) is 16.5 Å². The van der Waals surface area contributed by atoms with E-state index in [-0.39, 0.29) is 17.9 Å². The van der Waals surface area contributed by atoms with Crippen LogP contribution in [0.5, 0.6) is 0 Å². The second-order valence-electron chi connectivity index (χ2n) is 6.63. The number of rotatable bonds is 8. The number of primary amides is 1. The van der Waals surface area contributed by atoms with E-state index in [1.807, 2.05) is 19.9 Å². The van der Waals surface area contributed by atoms with Crippen molar-refractivity contribution in [3.63, 3.8) is 0 Å². The maximum atomic E-state index is 13.0. The van der Waals surface area contributed by atoms with E-state index in [1.54, 1.807) is 25.3 Å². The highest BCUT2D eigenvalue weighted by Gasteiger charge is 2.40. The van der Waals surface area contributed by atoms with E-state index in [2.05, 4.69) is 4.99 Å². The Balaban J connectivity index is 2.45. The van der Waals surface area contributed by atoms with Crippen molar-refractivity contribution in [2.75, 3.05) is 13.7 Å². The maximum absolute atomic E-state index is 13.0. The van der Waals surface area contributed by atoms with Gasteiger partial charge in [0.15, 0.2) is 5.96 Å². The molecule has 0 fully saturated rings. The van der Waals surface area contributed by atoms with E-state index in [0.29, 0.717) is 25.0 Å². The van der Waals surface area contributed by atoms with Gasteiger partial charge < -0.3 is 16.2 Å². The predicted octanol–water partition coefficient (Wildman–Crippen LogP) is 1.97. The Hall–Kier alpha value is -2.41. The summed E-state index contributed by atoms with van der Waals surface area (Å²) in [5, 5.41) is 0. The molecule has 26 heavy (non-hydrogen) atoms. The van der Waals surface area contributed by atoms with Crippen LogP contribution < -0.4 is 11.5 Å². The first-order valence-electron chi connectivity index (χ1n) is 8.93. The van der Waals surface area contributed by atoms with E-state index < -0.39 is 11.4 Å². The van der Waals surface area contributed by atoms with E-state index in [9.17, 15) is 9.59 Å². The van der Waals surface area contributed by atoms with Gasteiger partial charge in [0.1, 0.15) is 0 Å². The normalized spacial score (nSPS) is 17.7. The van der Waals surface area contributed by atoms with Crippen LogP contribution >= 0.6 is 0 Å². The number of nitrogens with two attached hydrogens (primary N) is 2. The van der Waals surface area contributed by atoms with Gasteiger partial charge in [-0.1, -0.05) is 26.0 Å². The molecule has 0 aromatic heterocycles. The second-order valence-corrected chi connectivity index (χ2v) is 6.63. The van der Waals surface area contributed by atoms with Crippen LogP contribution in [0.2, 0.25) is 0 Å². The van der Waals surface area contributed by atoms with E-state index >= 15 is 0 Å². The SMILES string of the molecule is CCC1(CC)CC(=O)N(C(CCOC)c2cccc(C(N)=O)c2)C(N)=N1. The zero-order valence-corrected chi connectivity index (χ0v) is 15.7. The summed E-state index contributed by atoms with van der Waals surface area (Å²) in [6.07, 6.45) is 2.36. The fraction of sp³-hybridized carbons (Fsp3) is 0.526. The summed E-state index contributed by atoms with van der Waals surface area (Å²) < 4.78 is 5.21. The van der Waals surface area contributed by atoms with Crippen LogP contribution in [0.15, 0.2) is 29.3 Å². The lowest BCUT2D eigenvalue weighted by Crippen LogP contribution is -2.52. The molecule has 0 aliphatic carbocycles. The molecule has 1 atom stereocenters. The Kier molecular flexibility index (Phi) is 6.37. The molecule has 7 nitrogen and oxygen atoms in total. The van der Waals surface area contributed by atoms with E-state index in [1.165, 1.54) is 4.90 Å². The number of guanidine groups is 1. The zero-order valence-electron chi connectivity index (χ0n) is 15.7. The second kappa shape index (κ2) is 8.31. The monoisotopic (exact) mass is 360 g/mol. The summed E-state index contributed by atoms with van der Waals surface area (Å²) in [5.41, 5.74) is 12.4. The summed E-state index contributed by atoms with van der Waals surface area (Å²) in [4.78, 5) is 30.7. The van der Waals surface area contributed by atoms with Gasteiger partial charge in [-0.05, 0) is 37.0 Å². The first-order chi connectivity index (χ1) is 12.4. The van der Waals surface area contributed by atoms with Gasteiger partial charge in [0.25, 0.3) is 0 Å². The average Bonchev–Trinajstić information content (AvgIpc) is 2.63. The Morgan fingerprint density at radius 1 is 1.38 bits per heavy atom. The largest absolute Gasteiger partial charge is 0.385 e. The number of benzene rings is 1. The molecule has 0 radical (unpaired) electrons. The third-order valence-electron chi connectivity index (χ3n) is 5.13. The number of hydrogen-bond acceptors (Lipinski definition) is 5. The van der Waals surface area contributed by atoms with Crippen molar-refractivity contribution in [3.8, 4) is 0 Å². The predicted molar refractivity (Wildman–Crippen MR) is 101 cm³/mol. The molecule has 1 aromatic rings. The van der Waals surface area contributed by atoms with Crippen molar-refractivity contribution < 1.29 is 14.3 Å². The number of amides is 2. The number of carbonyl (C=O) groups is 2. The van der Waals surface area contributed by atoms with Crippen LogP contribution in [0.3, 0.4) is 0 Å². The third-order valence-corrected chi connectivity index (χ3v) is 5.13. The van der Waals surface area contributed by atoms with Gasteiger partial charge in [-0.25, -0.2) is 4.99 Å². The Morgan fingerprint density at radius 3 is 2.62 bits per heavy atom. The molecule has 0 saturated carbocycles. The molecule has 142 valence electrons. The minimum absolute atomic E-state index is 0.0632. The van der Waals surface area contributed by atoms with Gasteiger partial charge in [-0.2, -0.15) is 0 Å². The van der Waals surface area contributed by atoms with Crippen molar-refractivity contribution in [3.05, 3.63) is 35.4 Å². The van der Waals surface area contributed by atoms with Gasteiger partial charge in [-0.15, -0.1) is 0 Å². The van der Waals surface area contributed by atoms with Crippen LogP contribution in [0, 0.1) is 0 Å². The molecule has 1 aliphatic heterocycles. The number of carbonyl (C=O) groups excluding carboxylic acids is 2. The van der Waals surface area contributed by atoms with Crippen LogP contribution in [0.1, 0.15) is 61.5 Å². The lowest BCUT2D eigenvalue weighted by Gasteiger charge is -2.40. The number of aliphatic imine (C=N–C) groups is 1. The highest BCUT2D eigenvalue weighted by Crippen LogP contribution is 2.34. The van der Waals surface area contributed by atoms with Crippen LogP contribution in [-0.2, 0) is 9.53 Å². The molecule has 1 heterocycles. The quantitative estimate of drug-likeness (QED) is 0.738. The van der Waals surface area contributed by atoms with Crippen LogP contribution in [-0.4, -0.2) is 41.9 Å². The molecule has 4 N–H and O–H groups in total. The first-order valence-corrected chi connectivity index (χ1v) is 8.93. The van der Waals surface area contributed by atoms with Crippen molar-refractivity contribution >= 4 is 17.8 Å². The molecule has 1 aromatic carbocycles. The van der Waals surface area contributed by atoms with Gasteiger partial charge in [0.05, 0.1) is 18.0 Å². The Labute approximate surface area is 154 Å². The number of ether oxygens (including phenoxy) is 1. The molecule has 1 aliphatic rings. The summed E-state index contributed by atoms with van der Waals surface area (Å²) in [6.45, 7) is 4.47. The number of methoxy groups -OCH3 is 1. The van der Waals surface area contributed by atoms with Crippen molar-refractivity contribution in [1.29, 1.82) is 0 Å². The molecule has 2 rings (SSSR count). The maximum Gasteiger partial charge on any atom is 0.248 e. The van der Waals surface area contributed by atoms with Gasteiger partial charge in [0.2, 0.25) is 11.8 Å². The minimum Gasteiger partial charge on any atom is -0.385 e. The Morgan fingerprint density at radius 2 is 2.08 bits per heavy atom. The van der Waals surface area contributed by atoms with Gasteiger partial charge >= 0.3 is 0 Å². The lowest BCUT2D eigenvalue weighted by atomic mass is 9.87. The summed E-state index contributed by atoms with van der Waals surface area (Å²) >= 11 is 0. The van der Waals surface area contributed by atoms with E-state index in [4.69, 9.17) is 16.2 Å². The fourth-order valence-corrected chi connectivity index (χ4v) is 3.40. The van der Waals surface area contributed by atoms with Crippen LogP contribution in [0.4, 0.5) is 0 Å². The van der Waals surface area contributed by atoms with Crippen LogP contribution in [0.25, 0.3) is 0 Å². The van der Waals surface area contributed by atoms with Gasteiger partial charge in [-0.3, -0.25) is 14.5 Å². The highest BCUT2D eigenvalue weighted by atomic mass is 16.5. The summed E-state index contributed by atoms with van der Waals surface area (Å²) in [7, 11) is 1.60. The number of nitrogens with zero attached hydrogens (tertiary/aromatic N) is 2. The first kappa shape index (κ1) is 19.9. The average molecular weight is 360 g/mol. The molecular weight excluding hydrogens is 332 g/mol. The Bertz CT molecular complexity index is 698. The van der Waals surface area contributed by atoms with E-state index in [0.717, 1.165) is 18.4 Å². The molecule has 7 heteroatoms. The topological polar surface area (TPSA) is 111 Å². The minimum atomic E-state index is -0.514. The molecule has 0 saturated heterocycles. The molecular formula is C19H28N4O3. The van der Waals surface area contributed by atoms with Crippen molar-refractivity contribution in [2.45, 2.75) is 51.1 Å². The highest BCUT2D eigenvalue weighted by molar-refractivity contribution is 5.99. The molecule has 1 unspecified atom stereocenters. The number of hydrogen-bond donors (Lipinski definition) is 2. The molecule has 0 bridgehead atoms. The van der Waals surface area contributed by atoms with Crippen molar-refractivity contribution in [1.82, 2.24) is 4.90 Å². The fourth-order valence-electron chi connectivity index (χ4n) is 3.40. The lowest BCUT2D eigenvalue weighted by molar-refractivity contribution is -0.131. The molecule has 2 amide bonds. The summed E-state index contributed by atoms with van der Waals surface area (Å²) in [5.74, 6) is -0.359. The molecule has 0 spiro atoms. The summed E-state index contributed by atoms with van der Waals surface area (Å²) in [6, 6.07) is 6.59. The smallest absolute Gasteiger partial charge is 0.248 e. The standard InChI is InChI=1S/C19H28N4O3/c1-4-19(5-2)12-16(24)23(18(21)22-19)15(9-10-26-3)13-7-6-8-14(11-13)17(20)25/h6-8,11,15H,4-5,9-10,12H2,1-3H3,(H2,20,25)(H2,21,22). The van der Waals surface area contributed by atoms with Gasteiger partial charge in [0, 0.05) is 19.3 Å². The third kappa shape index (κ3) is 4.04. The zero-order chi connectivity index (χ0) is 19.3.